The van der Waals surface area contributed by atoms with Crippen molar-refractivity contribution in [1.82, 2.24) is 4.98 Å². The molecular formula is C19H20ClN3OS. The van der Waals surface area contributed by atoms with Crippen LogP contribution in [-0.2, 0) is 0 Å². The van der Waals surface area contributed by atoms with E-state index < -0.39 is 0 Å². The Kier molecular flexibility index (Phi) is 4.68. The molecule has 0 radical (unpaired) electrons. The lowest BCUT2D eigenvalue weighted by Gasteiger charge is -2.36. The van der Waals surface area contributed by atoms with E-state index in [1.54, 1.807) is 11.3 Å². The number of halogens is 1. The zero-order chi connectivity index (χ0) is 17.2. The van der Waals surface area contributed by atoms with Crippen LogP contribution >= 0.6 is 22.9 Å². The number of benzene rings is 2. The van der Waals surface area contributed by atoms with Gasteiger partial charge in [-0.3, -0.25) is 0 Å². The fraction of sp³-hybridized carbons (Fsp3) is 0.316. The Morgan fingerprint density at radius 3 is 2.60 bits per heavy atom. The maximum absolute atomic E-state index is 6.33. The molecule has 2 aromatic carbocycles. The second kappa shape index (κ2) is 7.10. The minimum Gasteiger partial charge on any atom is -0.494 e. The van der Waals surface area contributed by atoms with E-state index in [1.165, 1.54) is 4.70 Å². The molecule has 0 unspecified atom stereocenters. The second-order valence-corrected chi connectivity index (χ2v) is 7.40. The van der Waals surface area contributed by atoms with Crippen molar-refractivity contribution in [2.75, 3.05) is 42.6 Å². The van der Waals surface area contributed by atoms with Crippen molar-refractivity contribution in [1.29, 1.82) is 0 Å². The van der Waals surface area contributed by atoms with E-state index >= 15 is 0 Å². The molecule has 130 valence electrons. The van der Waals surface area contributed by atoms with Crippen LogP contribution in [0.4, 0.5) is 10.8 Å². The lowest BCUT2D eigenvalue weighted by Crippen LogP contribution is -2.46. The molecule has 6 heteroatoms. The zero-order valence-electron chi connectivity index (χ0n) is 14.1. The van der Waals surface area contributed by atoms with Crippen molar-refractivity contribution in [3.8, 4) is 5.75 Å². The molecule has 0 bridgehead atoms. The molecule has 25 heavy (non-hydrogen) atoms. The van der Waals surface area contributed by atoms with Gasteiger partial charge in [0.05, 0.1) is 27.5 Å². The normalized spacial score (nSPS) is 15.0. The van der Waals surface area contributed by atoms with Crippen LogP contribution < -0.4 is 14.5 Å². The van der Waals surface area contributed by atoms with Crippen LogP contribution in [0.5, 0.6) is 5.75 Å². The highest BCUT2D eigenvalue weighted by Crippen LogP contribution is 2.33. The Hall–Kier alpha value is -1.98. The lowest BCUT2D eigenvalue weighted by atomic mass is 10.2. The first kappa shape index (κ1) is 16.5. The summed E-state index contributed by atoms with van der Waals surface area (Å²) in [7, 11) is 0. The molecule has 0 spiro atoms. The predicted molar refractivity (Wildman–Crippen MR) is 107 cm³/mol. The van der Waals surface area contributed by atoms with Crippen LogP contribution in [0.1, 0.15) is 6.92 Å². The first-order valence-corrected chi connectivity index (χ1v) is 9.72. The number of aromatic nitrogens is 1. The summed E-state index contributed by atoms with van der Waals surface area (Å²) in [4.78, 5) is 9.50. The van der Waals surface area contributed by atoms with Crippen molar-refractivity contribution in [2.24, 2.45) is 0 Å². The summed E-state index contributed by atoms with van der Waals surface area (Å²) >= 11 is 8.06. The summed E-state index contributed by atoms with van der Waals surface area (Å²) in [5.74, 6) is 0.911. The Morgan fingerprint density at radius 1 is 1.08 bits per heavy atom. The topological polar surface area (TPSA) is 28.6 Å². The van der Waals surface area contributed by atoms with E-state index in [4.69, 9.17) is 21.3 Å². The number of ether oxygens (including phenoxy) is 1. The molecule has 1 aliphatic heterocycles. The van der Waals surface area contributed by atoms with Gasteiger partial charge in [-0.15, -0.1) is 0 Å². The second-order valence-electron chi connectivity index (χ2n) is 5.98. The van der Waals surface area contributed by atoms with Gasteiger partial charge < -0.3 is 14.5 Å². The fourth-order valence-electron chi connectivity index (χ4n) is 3.13. The summed E-state index contributed by atoms with van der Waals surface area (Å²) in [5.41, 5.74) is 2.16. The van der Waals surface area contributed by atoms with Crippen molar-refractivity contribution in [3.63, 3.8) is 0 Å². The summed E-state index contributed by atoms with van der Waals surface area (Å²) in [6, 6.07) is 14.2. The van der Waals surface area contributed by atoms with Gasteiger partial charge in [0.25, 0.3) is 0 Å². The Bertz CT molecular complexity index is 874. The Labute approximate surface area is 156 Å². The molecule has 0 atom stereocenters. The van der Waals surface area contributed by atoms with E-state index in [-0.39, 0.29) is 0 Å². The minimum atomic E-state index is 0.682. The average molecular weight is 374 g/mol. The van der Waals surface area contributed by atoms with Crippen LogP contribution in [0.15, 0.2) is 42.5 Å². The number of piperazine rings is 1. The number of hydrogen-bond acceptors (Lipinski definition) is 5. The summed E-state index contributed by atoms with van der Waals surface area (Å²) in [6.07, 6.45) is 0. The molecule has 1 aromatic heterocycles. The largest absolute Gasteiger partial charge is 0.494 e. The summed E-state index contributed by atoms with van der Waals surface area (Å²) < 4.78 is 6.76. The molecule has 0 aliphatic carbocycles. The number of nitrogens with zero attached hydrogens (tertiary/aromatic N) is 3. The standard InChI is InChI=1S/C19H20ClN3OS/c1-2-24-14-7-8-16-18(13-14)25-19(21-16)23-11-9-22(10-12-23)17-6-4-3-5-15(17)20/h3-8,13H,2,9-12H2,1H3. The van der Waals surface area contributed by atoms with Gasteiger partial charge in [0.1, 0.15) is 5.75 Å². The molecule has 1 aliphatic rings. The molecule has 4 rings (SSSR count). The molecule has 0 saturated carbocycles. The number of fused-ring (bicyclic) bond motifs is 1. The van der Waals surface area contributed by atoms with E-state index in [9.17, 15) is 0 Å². The Balaban J connectivity index is 1.49. The third kappa shape index (κ3) is 3.39. The van der Waals surface area contributed by atoms with Gasteiger partial charge >= 0.3 is 0 Å². The molecule has 1 fully saturated rings. The highest BCUT2D eigenvalue weighted by atomic mass is 35.5. The minimum absolute atomic E-state index is 0.682. The quantitative estimate of drug-likeness (QED) is 0.664. The molecule has 4 nitrogen and oxygen atoms in total. The van der Waals surface area contributed by atoms with Gasteiger partial charge in [-0.25, -0.2) is 4.98 Å². The zero-order valence-corrected chi connectivity index (χ0v) is 15.7. The predicted octanol–water partition coefficient (Wildman–Crippen LogP) is 4.68. The van der Waals surface area contributed by atoms with Crippen molar-refractivity contribution in [3.05, 3.63) is 47.5 Å². The molecular weight excluding hydrogens is 354 g/mol. The van der Waals surface area contributed by atoms with Gasteiger partial charge in [0.2, 0.25) is 0 Å². The molecule has 0 N–H and O–H groups in total. The molecule has 0 amide bonds. The number of anilines is 2. The first-order valence-electron chi connectivity index (χ1n) is 8.52. The number of para-hydroxylation sites is 1. The third-order valence-corrected chi connectivity index (χ3v) is 5.80. The molecule has 1 saturated heterocycles. The Morgan fingerprint density at radius 2 is 1.84 bits per heavy atom. The van der Waals surface area contributed by atoms with Gasteiger partial charge in [-0.05, 0) is 37.3 Å². The van der Waals surface area contributed by atoms with Crippen LogP contribution in [0.3, 0.4) is 0 Å². The highest BCUT2D eigenvalue weighted by Gasteiger charge is 2.21. The van der Waals surface area contributed by atoms with Gasteiger partial charge in [0, 0.05) is 26.2 Å². The van der Waals surface area contributed by atoms with Gasteiger partial charge in [-0.2, -0.15) is 0 Å². The maximum atomic E-state index is 6.33. The smallest absolute Gasteiger partial charge is 0.186 e. The van der Waals surface area contributed by atoms with Crippen molar-refractivity contribution >= 4 is 44.0 Å². The van der Waals surface area contributed by atoms with Gasteiger partial charge in [0.15, 0.2) is 5.13 Å². The van der Waals surface area contributed by atoms with E-state index in [2.05, 4.69) is 21.9 Å². The van der Waals surface area contributed by atoms with Crippen LogP contribution in [0.25, 0.3) is 10.2 Å². The van der Waals surface area contributed by atoms with Crippen molar-refractivity contribution < 1.29 is 4.74 Å². The van der Waals surface area contributed by atoms with Crippen LogP contribution in [-0.4, -0.2) is 37.8 Å². The summed E-state index contributed by atoms with van der Waals surface area (Å²) in [5, 5.41) is 1.90. The van der Waals surface area contributed by atoms with E-state index in [0.29, 0.717) is 6.61 Å². The fourth-order valence-corrected chi connectivity index (χ4v) is 4.43. The highest BCUT2D eigenvalue weighted by molar-refractivity contribution is 7.22. The number of thiazole rings is 1. The molecule has 2 heterocycles. The monoisotopic (exact) mass is 373 g/mol. The number of hydrogen-bond donors (Lipinski definition) is 0. The van der Waals surface area contributed by atoms with Gasteiger partial charge in [-0.1, -0.05) is 35.1 Å². The maximum Gasteiger partial charge on any atom is 0.186 e. The average Bonchev–Trinajstić information content (AvgIpc) is 3.06. The third-order valence-electron chi connectivity index (χ3n) is 4.40. The van der Waals surface area contributed by atoms with Crippen LogP contribution in [0, 0.1) is 0 Å². The lowest BCUT2D eigenvalue weighted by molar-refractivity contribution is 0.341. The van der Waals surface area contributed by atoms with Crippen molar-refractivity contribution in [2.45, 2.75) is 6.92 Å². The van der Waals surface area contributed by atoms with E-state index in [1.807, 2.05) is 37.3 Å². The van der Waals surface area contributed by atoms with E-state index in [0.717, 1.165) is 53.3 Å². The first-order chi connectivity index (χ1) is 12.2. The SMILES string of the molecule is CCOc1ccc2nc(N3CCN(c4ccccc4Cl)CC3)sc2c1. The van der Waals surface area contributed by atoms with Crippen LogP contribution in [0.2, 0.25) is 5.02 Å². The summed E-state index contributed by atoms with van der Waals surface area (Å²) in [6.45, 7) is 6.47. The number of rotatable bonds is 4. The molecule has 3 aromatic rings.